The molecule has 6 nitrogen and oxygen atoms in total. The van der Waals surface area contributed by atoms with Crippen LogP contribution in [0.25, 0.3) is 16.8 Å². The van der Waals surface area contributed by atoms with Gasteiger partial charge in [-0.2, -0.15) is 5.10 Å². The molecule has 4 rings (SSSR count). The highest BCUT2D eigenvalue weighted by Crippen LogP contribution is 2.32. The van der Waals surface area contributed by atoms with Gasteiger partial charge in [-0.05, 0) is 64.8 Å². The lowest BCUT2D eigenvalue weighted by atomic mass is 10.0. The van der Waals surface area contributed by atoms with Crippen molar-refractivity contribution in [1.29, 1.82) is 0 Å². The summed E-state index contributed by atoms with van der Waals surface area (Å²) in [6, 6.07) is 9.32. The Morgan fingerprint density at radius 2 is 1.90 bits per heavy atom. The molecule has 0 fully saturated rings. The van der Waals surface area contributed by atoms with E-state index in [1.165, 1.54) is 6.07 Å². The summed E-state index contributed by atoms with van der Waals surface area (Å²) >= 11 is 0. The fraction of sp³-hybridized carbons (Fsp3) is 0.348. The van der Waals surface area contributed by atoms with Crippen LogP contribution in [0.3, 0.4) is 0 Å². The Hall–Kier alpha value is -3.22. The van der Waals surface area contributed by atoms with Crippen molar-refractivity contribution < 1.29 is 9.13 Å². The van der Waals surface area contributed by atoms with Gasteiger partial charge in [0.15, 0.2) is 5.65 Å². The van der Waals surface area contributed by atoms with E-state index in [9.17, 15) is 4.39 Å². The van der Waals surface area contributed by atoms with Crippen LogP contribution in [0.2, 0.25) is 0 Å². The van der Waals surface area contributed by atoms with Gasteiger partial charge < -0.3 is 4.74 Å². The predicted octanol–water partition coefficient (Wildman–Crippen LogP) is 4.72. The van der Waals surface area contributed by atoms with Gasteiger partial charge >= 0.3 is 0 Å². The molecule has 1 aromatic carbocycles. The smallest absolute Gasteiger partial charge is 0.168 e. The number of rotatable bonds is 6. The number of aromatic nitrogens is 5. The minimum atomic E-state index is -0.252. The number of pyridine rings is 1. The summed E-state index contributed by atoms with van der Waals surface area (Å²) in [6.07, 6.45) is 2.87. The van der Waals surface area contributed by atoms with Gasteiger partial charge in [-0.15, -0.1) is 10.2 Å². The van der Waals surface area contributed by atoms with Crippen LogP contribution >= 0.6 is 0 Å². The van der Waals surface area contributed by atoms with Crippen molar-refractivity contribution in [3.63, 3.8) is 0 Å². The van der Waals surface area contributed by atoms with Crippen molar-refractivity contribution in [3.05, 3.63) is 65.1 Å². The first-order chi connectivity index (χ1) is 14.4. The fourth-order valence-electron chi connectivity index (χ4n) is 4.14. The van der Waals surface area contributed by atoms with E-state index in [2.05, 4.69) is 43.1 Å². The third kappa shape index (κ3) is 3.34. The Bertz CT molecular complexity index is 1210. The summed E-state index contributed by atoms with van der Waals surface area (Å²) in [5, 5.41) is 13.2. The molecule has 0 saturated heterocycles. The van der Waals surface area contributed by atoms with Gasteiger partial charge in [0.2, 0.25) is 0 Å². The minimum Gasteiger partial charge on any atom is -0.496 e. The van der Waals surface area contributed by atoms with Gasteiger partial charge in [0.25, 0.3) is 0 Å². The standard InChI is InChI=1S/C23H26FN5O/c1-14(2)29-16(4)22(15(3)27-29)19-12-10-17(28-13-25-26-23(19)28)9-11-18-20(24)7-6-8-21(18)30-5/h6-8,10,12-14H,9,11H2,1-5H3. The lowest BCUT2D eigenvalue weighted by Crippen LogP contribution is -2.05. The average molecular weight is 407 g/mol. The van der Waals surface area contributed by atoms with Crippen LogP contribution < -0.4 is 4.74 Å². The molecular formula is C23H26FN5O. The number of nitrogens with zero attached hydrogens (tertiary/aromatic N) is 5. The molecular weight excluding hydrogens is 381 g/mol. The molecule has 0 amide bonds. The second kappa shape index (κ2) is 7.89. The molecule has 0 unspecified atom stereocenters. The van der Waals surface area contributed by atoms with E-state index < -0.39 is 0 Å². The number of fused-ring (bicyclic) bond motifs is 1. The summed E-state index contributed by atoms with van der Waals surface area (Å²) in [7, 11) is 1.56. The largest absolute Gasteiger partial charge is 0.496 e. The maximum Gasteiger partial charge on any atom is 0.168 e. The van der Waals surface area contributed by atoms with Crippen molar-refractivity contribution in [2.75, 3.05) is 7.11 Å². The van der Waals surface area contributed by atoms with E-state index in [0.29, 0.717) is 24.2 Å². The fourth-order valence-corrected chi connectivity index (χ4v) is 4.14. The molecule has 156 valence electrons. The molecule has 0 N–H and O–H groups in total. The molecule has 0 bridgehead atoms. The van der Waals surface area contributed by atoms with E-state index >= 15 is 0 Å². The second-order valence-corrected chi connectivity index (χ2v) is 7.77. The first-order valence-corrected chi connectivity index (χ1v) is 10.1. The third-order valence-electron chi connectivity index (χ3n) is 5.55. The highest BCUT2D eigenvalue weighted by molar-refractivity contribution is 5.80. The van der Waals surface area contributed by atoms with Crippen molar-refractivity contribution in [1.82, 2.24) is 24.4 Å². The lowest BCUT2D eigenvalue weighted by Gasteiger charge is -2.12. The summed E-state index contributed by atoms with van der Waals surface area (Å²) in [4.78, 5) is 0. The summed E-state index contributed by atoms with van der Waals surface area (Å²) in [5.41, 5.74) is 6.53. The highest BCUT2D eigenvalue weighted by atomic mass is 19.1. The quantitative estimate of drug-likeness (QED) is 0.464. The van der Waals surface area contributed by atoms with Gasteiger partial charge in [0, 0.05) is 34.1 Å². The molecule has 0 atom stereocenters. The van der Waals surface area contributed by atoms with Crippen LogP contribution in [0.5, 0.6) is 5.75 Å². The lowest BCUT2D eigenvalue weighted by molar-refractivity contribution is 0.404. The topological polar surface area (TPSA) is 57.2 Å². The average Bonchev–Trinajstić information content (AvgIpc) is 3.32. The Kier molecular flexibility index (Phi) is 5.28. The van der Waals surface area contributed by atoms with Crippen molar-refractivity contribution >= 4 is 5.65 Å². The predicted molar refractivity (Wildman–Crippen MR) is 114 cm³/mol. The maximum atomic E-state index is 14.3. The molecule has 3 aromatic heterocycles. The molecule has 3 heterocycles. The summed E-state index contributed by atoms with van der Waals surface area (Å²) in [5.74, 6) is 0.317. The number of halogens is 1. The Morgan fingerprint density at radius 3 is 2.60 bits per heavy atom. The Morgan fingerprint density at radius 1 is 1.10 bits per heavy atom. The number of hydrogen-bond acceptors (Lipinski definition) is 4. The van der Waals surface area contributed by atoms with Crippen LogP contribution in [-0.2, 0) is 12.8 Å². The maximum absolute atomic E-state index is 14.3. The van der Waals surface area contributed by atoms with E-state index in [1.807, 2.05) is 16.0 Å². The van der Waals surface area contributed by atoms with Crippen molar-refractivity contribution in [2.45, 2.75) is 46.6 Å². The molecule has 0 saturated carbocycles. The zero-order valence-electron chi connectivity index (χ0n) is 18.0. The Labute approximate surface area is 175 Å². The molecule has 0 aliphatic carbocycles. The van der Waals surface area contributed by atoms with E-state index in [-0.39, 0.29) is 11.9 Å². The number of aryl methyl sites for hydroxylation is 2. The van der Waals surface area contributed by atoms with Crippen LogP contribution in [0.1, 0.15) is 42.5 Å². The molecule has 30 heavy (non-hydrogen) atoms. The minimum absolute atomic E-state index is 0.252. The van der Waals surface area contributed by atoms with Crippen LogP contribution in [0, 0.1) is 19.7 Å². The Balaban J connectivity index is 1.73. The van der Waals surface area contributed by atoms with Crippen LogP contribution in [0.15, 0.2) is 36.7 Å². The van der Waals surface area contributed by atoms with E-state index in [1.54, 1.807) is 25.6 Å². The van der Waals surface area contributed by atoms with Crippen LogP contribution in [-0.4, -0.2) is 31.5 Å². The van der Waals surface area contributed by atoms with Crippen LogP contribution in [0.4, 0.5) is 4.39 Å². The van der Waals surface area contributed by atoms with Crippen molar-refractivity contribution in [3.8, 4) is 16.9 Å². The number of benzene rings is 1. The van der Waals surface area contributed by atoms with E-state index in [0.717, 1.165) is 33.9 Å². The highest BCUT2D eigenvalue weighted by Gasteiger charge is 2.19. The second-order valence-electron chi connectivity index (χ2n) is 7.77. The third-order valence-corrected chi connectivity index (χ3v) is 5.55. The van der Waals surface area contributed by atoms with Gasteiger partial charge in [0.1, 0.15) is 17.9 Å². The number of ether oxygens (including phenoxy) is 1. The zero-order chi connectivity index (χ0) is 21.4. The molecule has 0 radical (unpaired) electrons. The monoisotopic (exact) mass is 407 g/mol. The molecule has 7 heteroatoms. The van der Waals surface area contributed by atoms with Crippen molar-refractivity contribution in [2.24, 2.45) is 0 Å². The normalized spacial score (nSPS) is 11.6. The first kappa shape index (κ1) is 20.1. The molecule has 4 aromatic rings. The van der Waals surface area contributed by atoms with Gasteiger partial charge in [-0.3, -0.25) is 9.08 Å². The number of methoxy groups -OCH3 is 1. The SMILES string of the molecule is COc1cccc(F)c1CCc1ccc(-c2c(C)nn(C(C)C)c2C)c2nncn12. The van der Waals surface area contributed by atoms with Gasteiger partial charge in [-0.1, -0.05) is 6.07 Å². The number of hydrogen-bond donors (Lipinski definition) is 0. The molecule has 0 aliphatic rings. The van der Waals surface area contributed by atoms with E-state index in [4.69, 9.17) is 9.84 Å². The molecule has 0 aliphatic heterocycles. The summed E-state index contributed by atoms with van der Waals surface area (Å²) < 4.78 is 23.7. The van der Waals surface area contributed by atoms with Gasteiger partial charge in [-0.25, -0.2) is 4.39 Å². The summed E-state index contributed by atoms with van der Waals surface area (Å²) in [6.45, 7) is 8.35. The van der Waals surface area contributed by atoms with Gasteiger partial charge in [0.05, 0.1) is 12.8 Å². The molecule has 0 spiro atoms. The first-order valence-electron chi connectivity index (χ1n) is 10.1. The zero-order valence-corrected chi connectivity index (χ0v) is 18.0.